The van der Waals surface area contributed by atoms with Gasteiger partial charge in [0.05, 0.1) is 7.11 Å². The summed E-state index contributed by atoms with van der Waals surface area (Å²) >= 11 is 5.99. The SMILES string of the molecule is COc1ncc(C2CCCN2)cc1Cl.Cl. The minimum atomic E-state index is 0. The summed E-state index contributed by atoms with van der Waals surface area (Å²) in [5.41, 5.74) is 1.15. The summed E-state index contributed by atoms with van der Waals surface area (Å²) in [6, 6.07) is 2.34. The third-order valence-corrected chi connectivity index (χ3v) is 2.76. The fourth-order valence-electron chi connectivity index (χ4n) is 1.75. The van der Waals surface area contributed by atoms with Crippen LogP contribution in [-0.2, 0) is 0 Å². The number of methoxy groups -OCH3 is 1. The molecule has 1 aliphatic rings. The van der Waals surface area contributed by atoms with Crippen molar-refractivity contribution >= 4 is 24.0 Å². The van der Waals surface area contributed by atoms with Crippen LogP contribution < -0.4 is 10.1 Å². The normalized spacial score (nSPS) is 19.7. The number of rotatable bonds is 2. The Morgan fingerprint density at radius 2 is 2.40 bits per heavy atom. The van der Waals surface area contributed by atoms with Crippen molar-refractivity contribution in [3.8, 4) is 5.88 Å². The molecule has 0 amide bonds. The van der Waals surface area contributed by atoms with Gasteiger partial charge >= 0.3 is 0 Å². The monoisotopic (exact) mass is 248 g/mol. The molecule has 3 nitrogen and oxygen atoms in total. The number of pyridine rings is 1. The molecule has 84 valence electrons. The van der Waals surface area contributed by atoms with Crippen molar-refractivity contribution in [2.24, 2.45) is 0 Å². The Hall–Kier alpha value is -0.510. The van der Waals surface area contributed by atoms with Gasteiger partial charge in [0.15, 0.2) is 0 Å². The third kappa shape index (κ3) is 2.74. The first-order valence-electron chi connectivity index (χ1n) is 4.74. The predicted octanol–water partition coefficient (Wildman–Crippen LogP) is 2.59. The van der Waals surface area contributed by atoms with Crippen molar-refractivity contribution in [3.63, 3.8) is 0 Å². The van der Waals surface area contributed by atoms with Gasteiger partial charge in [0.1, 0.15) is 5.02 Å². The van der Waals surface area contributed by atoms with Crippen molar-refractivity contribution in [1.29, 1.82) is 0 Å². The quantitative estimate of drug-likeness (QED) is 0.874. The molecule has 15 heavy (non-hydrogen) atoms. The zero-order valence-corrected chi connectivity index (χ0v) is 10.1. The highest BCUT2D eigenvalue weighted by Gasteiger charge is 2.17. The maximum absolute atomic E-state index is 5.99. The first-order chi connectivity index (χ1) is 6.81. The van der Waals surface area contributed by atoms with E-state index in [2.05, 4.69) is 10.3 Å². The summed E-state index contributed by atoms with van der Waals surface area (Å²) in [6.45, 7) is 1.08. The maximum atomic E-state index is 5.99. The van der Waals surface area contributed by atoms with E-state index in [-0.39, 0.29) is 12.4 Å². The summed E-state index contributed by atoms with van der Waals surface area (Å²) < 4.78 is 5.00. The smallest absolute Gasteiger partial charge is 0.232 e. The van der Waals surface area contributed by atoms with E-state index >= 15 is 0 Å². The van der Waals surface area contributed by atoms with Crippen molar-refractivity contribution in [3.05, 3.63) is 22.8 Å². The van der Waals surface area contributed by atoms with E-state index in [1.54, 1.807) is 7.11 Å². The van der Waals surface area contributed by atoms with Gasteiger partial charge in [-0.2, -0.15) is 0 Å². The second-order valence-corrected chi connectivity index (χ2v) is 3.82. The van der Waals surface area contributed by atoms with Gasteiger partial charge in [-0.1, -0.05) is 11.6 Å². The molecule has 1 saturated heterocycles. The van der Waals surface area contributed by atoms with Crippen LogP contribution in [0.5, 0.6) is 5.88 Å². The third-order valence-electron chi connectivity index (χ3n) is 2.48. The van der Waals surface area contributed by atoms with Gasteiger partial charge in [0.2, 0.25) is 5.88 Å². The molecule has 1 unspecified atom stereocenters. The van der Waals surface area contributed by atoms with Crippen LogP contribution >= 0.6 is 24.0 Å². The lowest BCUT2D eigenvalue weighted by molar-refractivity contribution is 0.397. The molecular formula is C10H14Cl2N2O. The summed E-state index contributed by atoms with van der Waals surface area (Å²) in [4.78, 5) is 4.15. The number of ether oxygens (including phenoxy) is 1. The molecule has 0 bridgehead atoms. The second kappa shape index (κ2) is 5.54. The Balaban J connectivity index is 0.00000112. The predicted molar refractivity (Wildman–Crippen MR) is 63.0 cm³/mol. The van der Waals surface area contributed by atoms with Gasteiger partial charge in [0, 0.05) is 12.2 Å². The molecule has 0 saturated carbocycles. The molecule has 0 radical (unpaired) electrons. The first-order valence-corrected chi connectivity index (χ1v) is 5.12. The highest BCUT2D eigenvalue weighted by Crippen LogP contribution is 2.28. The van der Waals surface area contributed by atoms with Crippen molar-refractivity contribution in [2.45, 2.75) is 18.9 Å². The lowest BCUT2D eigenvalue weighted by atomic mass is 10.1. The molecular weight excluding hydrogens is 235 g/mol. The fraction of sp³-hybridized carbons (Fsp3) is 0.500. The molecule has 2 rings (SSSR count). The molecule has 0 spiro atoms. The molecule has 0 aliphatic carbocycles. The molecule has 1 aliphatic heterocycles. The first kappa shape index (κ1) is 12.6. The number of aromatic nitrogens is 1. The van der Waals surface area contributed by atoms with Gasteiger partial charge in [-0.15, -0.1) is 12.4 Å². The average Bonchev–Trinajstić information content (AvgIpc) is 2.70. The summed E-state index contributed by atoms with van der Waals surface area (Å²) in [7, 11) is 1.57. The van der Waals surface area contributed by atoms with Crippen molar-refractivity contribution < 1.29 is 4.74 Å². The number of nitrogens with one attached hydrogen (secondary N) is 1. The van der Waals surface area contributed by atoms with Gasteiger partial charge < -0.3 is 10.1 Å². The van der Waals surface area contributed by atoms with Gasteiger partial charge in [-0.25, -0.2) is 4.98 Å². The zero-order valence-electron chi connectivity index (χ0n) is 8.50. The van der Waals surface area contributed by atoms with E-state index < -0.39 is 0 Å². The number of hydrogen-bond acceptors (Lipinski definition) is 3. The van der Waals surface area contributed by atoms with Crippen LogP contribution in [0.2, 0.25) is 5.02 Å². The molecule has 1 atom stereocenters. The number of nitrogens with zero attached hydrogens (tertiary/aromatic N) is 1. The molecule has 1 N–H and O–H groups in total. The Morgan fingerprint density at radius 3 is 2.93 bits per heavy atom. The van der Waals surface area contributed by atoms with Crippen LogP contribution in [0.1, 0.15) is 24.4 Å². The van der Waals surface area contributed by atoms with Crippen molar-refractivity contribution in [2.75, 3.05) is 13.7 Å². The van der Waals surface area contributed by atoms with Crippen LogP contribution in [0.15, 0.2) is 12.3 Å². The summed E-state index contributed by atoms with van der Waals surface area (Å²) in [5, 5.41) is 3.98. The molecule has 5 heteroatoms. The number of halogens is 2. The minimum absolute atomic E-state index is 0. The van der Waals surface area contributed by atoms with Crippen molar-refractivity contribution in [1.82, 2.24) is 10.3 Å². The highest BCUT2D eigenvalue weighted by molar-refractivity contribution is 6.31. The minimum Gasteiger partial charge on any atom is -0.480 e. The average molecular weight is 249 g/mol. The van der Waals surface area contributed by atoms with E-state index in [9.17, 15) is 0 Å². The van der Waals surface area contributed by atoms with Crippen LogP contribution in [-0.4, -0.2) is 18.6 Å². The molecule has 1 aromatic heterocycles. The van der Waals surface area contributed by atoms with Crippen LogP contribution in [0.25, 0.3) is 0 Å². The number of hydrogen-bond donors (Lipinski definition) is 1. The van der Waals surface area contributed by atoms with E-state index in [1.165, 1.54) is 6.42 Å². The van der Waals surface area contributed by atoms with E-state index in [1.807, 2.05) is 12.3 Å². The van der Waals surface area contributed by atoms with Gasteiger partial charge in [-0.3, -0.25) is 0 Å². The van der Waals surface area contributed by atoms with Gasteiger partial charge in [0.25, 0.3) is 0 Å². The molecule has 1 fully saturated rings. The van der Waals surface area contributed by atoms with E-state index in [4.69, 9.17) is 16.3 Å². The maximum Gasteiger partial charge on any atom is 0.232 e. The second-order valence-electron chi connectivity index (χ2n) is 3.41. The van der Waals surface area contributed by atoms with Crippen LogP contribution in [0, 0.1) is 0 Å². The lowest BCUT2D eigenvalue weighted by Gasteiger charge is -2.11. The Kier molecular flexibility index (Phi) is 4.64. The molecule has 1 aromatic rings. The van der Waals surface area contributed by atoms with Crippen LogP contribution in [0.3, 0.4) is 0 Å². The zero-order chi connectivity index (χ0) is 9.97. The van der Waals surface area contributed by atoms with Crippen LogP contribution in [0.4, 0.5) is 0 Å². The summed E-state index contributed by atoms with van der Waals surface area (Å²) in [6.07, 6.45) is 4.20. The largest absolute Gasteiger partial charge is 0.480 e. The highest BCUT2D eigenvalue weighted by atomic mass is 35.5. The topological polar surface area (TPSA) is 34.1 Å². The standard InChI is InChI=1S/C10H13ClN2O.ClH/c1-14-10-8(11)5-7(6-13-10)9-3-2-4-12-9;/h5-6,9,12H,2-4H2,1H3;1H. The Bertz CT molecular complexity index is 327. The lowest BCUT2D eigenvalue weighted by Crippen LogP contribution is -2.13. The Labute approximate surface area is 101 Å². The van der Waals surface area contributed by atoms with Gasteiger partial charge in [-0.05, 0) is 31.0 Å². The molecule has 0 aromatic carbocycles. The Morgan fingerprint density at radius 1 is 1.60 bits per heavy atom. The summed E-state index contributed by atoms with van der Waals surface area (Å²) in [5.74, 6) is 0.494. The molecule has 2 heterocycles. The fourth-order valence-corrected chi connectivity index (χ4v) is 2.00. The van der Waals surface area contributed by atoms with E-state index in [0.29, 0.717) is 16.9 Å². The van der Waals surface area contributed by atoms with E-state index in [0.717, 1.165) is 18.5 Å².